The average molecular weight is 256 g/mol. The molecule has 0 aliphatic carbocycles. The van der Waals surface area contributed by atoms with Crippen molar-refractivity contribution >= 4 is 15.7 Å². The highest BCUT2D eigenvalue weighted by atomic mass is 32.2. The number of nitrogens with one attached hydrogen (secondary N) is 1. The van der Waals surface area contributed by atoms with Gasteiger partial charge in [0.25, 0.3) is 0 Å². The molecule has 0 bridgehead atoms. The van der Waals surface area contributed by atoms with E-state index in [1.807, 2.05) is 24.3 Å². The van der Waals surface area contributed by atoms with Gasteiger partial charge in [0.15, 0.2) is 0 Å². The van der Waals surface area contributed by atoms with E-state index in [9.17, 15) is 8.42 Å². The lowest BCUT2D eigenvalue weighted by Gasteiger charge is -2.21. The van der Waals surface area contributed by atoms with Gasteiger partial charge in [0, 0.05) is 19.6 Å². The van der Waals surface area contributed by atoms with Gasteiger partial charge in [0.05, 0.1) is 11.9 Å². The van der Waals surface area contributed by atoms with Crippen molar-refractivity contribution in [3.8, 4) is 0 Å². The van der Waals surface area contributed by atoms with Crippen molar-refractivity contribution in [2.75, 3.05) is 17.6 Å². The Morgan fingerprint density at radius 2 is 1.88 bits per heavy atom. The van der Waals surface area contributed by atoms with Gasteiger partial charge in [0.1, 0.15) is 0 Å². The summed E-state index contributed by atoms with van der Waals surface area (Å²) >= 11 is 0. The second-order valence-corrected chi connectivity index (χ2v) is 6.41. The number of benzene rings is 1. The van der Waals surface area contributed by atoms with Gasteiger partial charge in [-0.15, -0.1) is 0 Å². The van der Waals surface area contributed by atoms with Crippen molar-refractivity contribution in [2.24, 2.45) is 0 Å². The molecule has 0 atom stereocenters. The maximum absolute atomic E-state index is 11.5. The van der Waals surface area contributed by atoms with Crippen LogP contribution < -0.4 is 9.62 Å². The standard InChI is InChI=1S/C12H20N2O2S/c1-10(2)13-9-11-7-5-6-8-12(11)14(3)17(4,15)16/h5-8,10,13H,9H2,1-4H3. The van der Waals surface area contributed by atoms with E-state index in [0.29, 0.717) is 12.6 Å². The molecule has 0 aliphatic heterocycles. The summed E-state index contributed by atoms with van der Waals surface area (Å²) in [4.78, 5) is 0. The third kappa shape index (κ3) is 4.02. The van der Waals surface area contributed by atoms with Gasteiger partial charge < -0.3 is 5.32 Å². The van der Waals surface area contributed by atoms with Crippen LogP contribution in [0.5, 0.6) is 0 Å². The molecule has 0 heterocycles. The van der Waals surface area contributed by atoms with Gasteiger partial charge in [-0.25, -0.2) is 8.42 Å². The number of sulfonamides is 1. The monoisotopic (exact) mass is 256 g/mol. The van der Waals surface area contributed by atoms with Crippen LogP contribution >= 0.6 is 0 Å². The molecule has 4 nitrogen and oxygen atoms in total. The van der Waals surface area contributed by atoms with E-state index in [0.717, 1.165) is 11.3 Å². The van der Waals surface area contributed by atoms with Crippen molar-refractivity contribution in [3.63, 3.8) is 0 Å². The van der Waals surface area contributed by atoms with Gasteiger partial charge in [-0.3, -0.25) is 4.31 Å². The second kappa shape index (κ2) is 5.51. The Labute approximate surface area is 104 Å². The number of rotatable bonds is 5. The Balaban J connectivity index is 3.00. The van der Waals surface area contributed by atoms with Gasteiger partial charge in [0.2, 0.25) is 10.0 Å². The Hall–Kier alpha value is -1.07. The molecule has 5 heteroatoms. The number of hydrogen-bond donors (Lipinski definition) is 1. The van der Waals surface area contributed by atoms with Crippen molar-refractivity contribution < 1.29 is 8.42 Å². The quantitative estimate of drug-likeness (QED) is 0.870. The van der Waals surface area contributed by atoms with Crippen molar-refractivity contribution in [1.82, 2.24) is 5.32 Å². The Morgan fingerprint density at radius 3 is 2.41 bits per heavy atom. The molecule has 1 rings (SSSR count). The molecule has 0 aromatic heterocycles. The summed E-state index contributed by atoms with van der Waals surface area (Å²) in [5.41, 5.74) is 1.71. The fourth-order valence-electron chi connectivity index (χ4n) is 1.46. The Morgan fingerprint density at radius 1 is 1.29 bits per heavy atom. The molecule has 0 fully saturated rings. The van der Waals surface area contributed by atoms with Crippen LogP contribution in [0.1, 0.15) is 19.4 Å². The van der Waals surface area contributed by atoms with Crippen molar-refractivity contribution in [3.05, 3.63) is 29.8 Å². The molecule has 1 aromatic rings. The highest BCUT2D eigenvalue weighted by molar-refractivity contribution is 7.92. The highest BCUT2D eigenvalue weighted by Gasteiger charge is 2.14. The lowest BCUT2D eigenvalue weighted by atomic mass is 10.1. The molecule has 96 valence electrons. The fourth-order valence-corrected chi connectivity index (χ4v) is 2.00. The zero-order chi connectivity index (χ0) is 13.1. The molecule has 0 saturated heterocycles. The molecular formula is C12H20N2O2S. The summed E-state index contributed by atoms with van der Waals surface area (Å²) in [6.45, 7) is 4.78. The Bertz CT molecular complexity index is 469. The number of para-hydroxylation sites is 1. The normalized spacial score (nSPS) is 11.8. The minimum absolute atomic E-state index is 0.367. The first-order valence-electron chi connectivity index (χ1n) is 5.57. The largest absolute Gasteiger partial charge is 0.310 e. The van der Waals surface area contributed by atoms with Crippen LogP contribution in [0.3, 0.4) is 0 Å². The van der Waals surface area contributed by atoms with Gasteiger partial charge in [-0.2, -0.15) is 0 Å². The smallest absolute Gasteiger partial charge is 0.232 e. The topological polar surface area (TPSA) is 49.4 Å². The van der Waals surface area contributed by atoms with Crippen LogP contribution in [0.2, 0.25) is 0 Å². The van der Waals surface area contributed by atoms with Crippen molar-refractivity contribution in [1.29, 1.82) is 0 Å². The molecule has 17 heavy (non-hydrogen) atoms. The number of anilines is 1. The summed E-state index contributed by atoms with van der Waals surface area (Å²) in [5, 5.41) is 3.29. The van der Waals surface area contributed by atoms with Gasteiger partial charge in [-0.05, 0) is 11.6 Å². The van der Waals surface area contributed by atoms with E-state index >= 15 is 0 Å². The summed E-state index contributed by atoms with van der Waals surface area (Å²) in [6.07, 6.45) is 1.21. The van der Waals surface area contributed by atoms with Crippen LogP contribution in [0.4, 0.5) is 5.69 Å². The van der Waals surface area contributed by atoms with Gasteiger partial charge >= 0.3 is 0 Å². The van der Waals surface area contributed by atoms with E-state index in [1.54, 1.807) is 7.05 Å². The molecule has 1 aromatic carbocycles. The average Bonchev–Trinajstić information content (AvgIpc) is 2.24. The van der Waals surface area contributed by atoms with Crippen LogP contribution in [-0.4, -0.2) is 27.8 Å². The molecule has 0 aliphatic rings. The number of nitrogens with zero attached hydrogens (tertiary/aromatic N) is 1. The first-order valence-corrected chi connectivity index (χ1v) is 7.42. The molecule has 0 radical (unpaired) electrons. The highest BCUT2D eigenvalue weighted by Crippen LogP contribution is 2.21. The predicted molar refractivity (Wildman–Crippen MR) is 71.7 cm³/mol. The van der Waals surface area contributed by atoms with Crippen molar-refractivity contribution in [2.45, 2.75) is 26.4 Å². The maximum atomic E-state index is 11.5. The van der Waals surface area contributed by atoms with Crippen LogP contribution in [0.25, 0.3) is 0 Å². The van der Waals surface area contributed by atoms with Gasteiger partial charge in [-0.1, -0.05) is 32.0 Å². The first kappa shape index (κ1) is 14.0. The zero-order valence-electron chi connectivity index (χ0n) is 10.8. The summed E-state index contributed by atoms with van der Waals surface area (Å²) in [5.74, 6) is 0. The lowest BCUT2D eigenvalue weighted by molar-refractivity contribution is 0.587. The fraction of sp³-hybridized carbons (Fsp3) is 0.500. The lowest BCUT2D eigenvalue weighted by Crippen LogP contribution is -2.28. The summed E-state index contributed by atoms with van der Waals surface area (Å²) in [7, 11) is -1.64. The zero-order valence-corrected chi connectivity index (χ0v) is 11.6. The van der Waals surface area contributed by atoms with E-state index in [2.05, 4.69) is 19.2 Å². The maximum Gasteiger partial charge on any atom is 0.232 e. The third-order valence-corrected chi connectivity index (χ3v) is 3.72. The molecular weight excluding hydrogens is 236 g/mol. The van der Waals surface area contributed by atoms with E-state index in [-0.39, 0.29) is 0 Å². The predicted octanol–water partition coefficient (Wildman–Crippen LogP) is 1.58. The summed E-state index contributed by atoms with van der Waals surface area (Å²) in [6, 6.07) is 7.88. The molecule has 0 saturated carbocycles. The van der Waals surface area contributed by atoms with E-state index < -0.39 is 10.0 Å². The van der Waals surface area contributed by atoms with Crippen LogP contribution in [0, 0.1) is 0 Å². The Kier molecular flexibility index (Phi) is 4.54. The summed E-state index contributed by atoms with van der Waals surface area (Å²) < 4.78 is 24.4. The third-order valence-electron chi connectivity index (χ3n) is 2.53. The minimum atomic E-state index is -3.21. The first-order chi connectivity index (χ1) is 7.82. The molecule has 0 unspecified atom stereocenters. The SMILES string of the molecule is CC(C)NCc1ccccc1N(C)S(C)(=O)=O. The molecule has 1 N–H and O–H groups in total. The van der Waals surface area contributed by atoms with Crippen LogP contribution in [0.15, 0.2) is 24.3 Å². The van der Waals surface area contributed by atoms with E-state index in [1.165, 1.54) is 10.6 Å². The molecule has 0 amide bonds. The molecule has 0 spiro atoms. The second-order valence-electron chi connectivity index (χ2n) is 4.39. The van der Waals surface area contributed by atoms with Crippen LogP contribution in [-0.2, 0) is 16.6 Å². The van der Waals surface area contributed by atoms with E-state index in [4.69, 9.17) is 0 Å². The number of hydrogen-bond acceptors (Lipinski definition) is 3. The minimum Gasteiger partial charge on any atom is -0.310 e.